The van der Waals surface area contributed by atoms with Gasteiger partial charge in [-0.25, -0.2) is 9.59 Å². The molecule has 1 aliphatic heterocycles. The van der Waals surface area contributed by atoms with Crippen molar-refractivity contribution >= 4 is 22.0 Å². The minimum Gasteiger partial charge on any atom is -0.442 e. The van der Waals surface area contributed by atoms with Crippen molar-refractivity contribution in [1.29, 1.82) is 0 Å². The van der Waals surface area contributed by atoms with Gasteiger partial charge in [0.2, 0.25) is 0 Å². The zero-order chi connectivity index (χ0) is 12.6. The Hall–Kier alpha value is -1.37. The third kappa shape index (κ3) is 2.33. The van der Waals surface area contributed by atoms with Crippen LogP contribution in [0.15, 0.2) is 9.27 Å². The van der Waals surface area contributed by atoms with Crippen LogP contribution in [0.1, 0.15) is 11.4 Å². The second-order valence-electron chi connectivity index (χ2n) is 3.90. The molecule has 92 valence electrons. The quantitative estimate of drug-likeness (QED) is 0.874. The van der Waals surface area contributed by atoms with Gasteiger partial charge in [-0.1, -0.05) is 0 Å². The Morgan fingerprint density at radius 1 is 1.53 bits per heavy atom. The number of ether oxygens (including phenoxy) is 1. The molecule has 1 atom stereocenters. The minimum atomic E-state index is -0.445. The van der Waals surface area contributed by atoms with Crippen molar-refractivity contribution in [2.75, 3.05) is 6.54 Å². The van der Waals surface area contributed by atoms with E-state index in [2.05, 4.69) is 26.2 Å². The molecule has 1 aliphatic rings. The second kappa shape index (κ2) is 4.48. The molecule has 0 bridgehead atoms. The number of carbonyl (C=O) groups excluding carboxylic acids is 1. The number of rotatable bonds is 2. The summed E-state index contributed by atoms with van der Waals surface area (Å²) >= 11 is 3.38. The summed E-state index contributed by atoms with van der Waals surface area (Å²) in [5.41, 5.74) is 1.11. The van der Waals surface area contributed by atoms with Crippen molar-refractivity contribution in [2.45, 2.75) is 26.5 Å². The van der Waals surface area contributed by atoms with Gasteiger partial charge in [-0.3, -0.25) is 4.57 Å². The number of hydrogen-bond acceptors (Lipinski definition) is 4. The number of aromatic nitrogens is 2. The fourth-order valence-corrected chi connectivity index (χ4v) is 2.03. The van der Waals surface area contributed by atoms with E-state index in [-0.39, 0.29) is 11.8 Å². The van der Waals surface area contributed by atoms with E-state index in [9.17, 15) is 9.59 Å². The number of aryl methyl sites for hydroxylation is 1. The second-order valence-corrected chi connectivity index (χ2v) is 4.69. The summed E-state index contributed by atoms with van der Waals surface area (Å²) in [6.45, 7) is 4.32. The number of carbonyl (C=O) groups is 1. The first-order chi connectivity index (χ1) is 7.99. The third-order valence-electron chi connectivity index (χ3n) is 2.67. The molecule has 0 saturated carbocycles. The maximum atomic E-state index is 11.8. The average Bonchev–Trinajstić information content (AvgIpc) is 2.67. The van der Waals surface area contributed by atoms with Gasteiger partial charge in [0.15, 0.2) is 0 Å². The number of nitrogens with zero attached hydrogens (tertiary/aromatic N) is 2. The Labute approximate surface area is 106 Å². The van der Waals surface area contributed by atoms with Crippen molar-refractivity contribution in [3.8, 4) is 0 Å². The molecule has 0 aromatic carbocycles. The summed E-state index contributed by atoms with van der Waals surface area (Å²) in [6.07, 6.45) is -0.768. The highest BCUT2D eigenvalue weighted by molar-refractivity contribution is 9.10. The summed E-state index contributed by atoms with van der Waals surface area (Å²) < 4.78 is 7.29. The highest BCUT2D eigenvalue weighted by Crippen LogP contribution is 2.17. The molecule has 7 heteroatoms. The van der Waals surface area contributed by atoms with Crippen LogP contribution in [0.25, 0.3) is 0 Å². The van der Waals surface area contributed by atoms with Gasteiger partial charge in [0, 0.05) is 5.69 Å². The van der Waals surface area contributed by atoms with Gasteiger partial charge in [0.25, 0.3) is 0 Å². The van der Waals surface area contributed by atoms with E-state index >= 15 is 0 Å². The van der Waals surface area contributed by atoms with E-state index in [0.717, 1.165) is 10.2 Å². The van der Waals surface area contributed by atoms with Crippen LogP contribution in [-0.2, 0) is 11.3 Å². The van der Waals surface area contributed by atoms with Crippen molar-refractivity contribution in [3.05, 3.63) is 26.3 Å². The van der Waals surface area contributed by atoms with Crippen LogP contribution in [0.5, 0.6) is 0 Å². The zero-order valence-corrected chi connectivity index (χ0v) is 11.1. The maximum Gasteiger partial charge on any atom is 0.407 e. The summed E-state index contributed by atoms with van der Waals surface area (Å²) in [5, 5.41) is 2.55. The molecule has 6 nitrogen and oxygen atoms in total. The lowest BCUT2D eigenvalue weighted by Crippen LogP contribution is -2.32. The molecule has 1 aromatic heterocycles. The predicted octanol–water partition coefficient (Wildman–Crippen LogP) is 0.731. The molecular weight excluding hydrogens is 290 g/mol. The molecule has 1 aromatic rings. The van der Waals surface area contributed by atoms with Crippen molar-refractivity contribution in [3.63, 3.8) is 0 Å². The number of amides is 1. The molecular formula is C10H12BrN3O3. The lowest BCUT2D eigenvalue weighted by atomic mass is 10.3. The van der Waals surface area contributed by atoms with E-state index in [1.54, 1.807) is 6.92 Å². The first-order valence-electron chi connectivity index (χ1n) is 5.17. The van der Waals surface area contributed by atoms with Crippen molar-refractivity contribution in [1.82, 2.24) is 14.9 Å². The van der Waals surface area contributed by atoms with Gasteiger partial charge < -0.3 is 10.1 Å². The van der Waals surface area contributed by atoms with Gasteiger partial charge >= 0.3 is 11.8 Å². The van der Waals surface area contributed by atoms with Gasteiger partial charge in [-0.05, 0) is 29.8 Å². The van der Waals surface area contributed by atoms with Crippen LogP contribution in [0.4, 0.5) is 4.79 Å². The van der Waals surface area contributed by atoms with Crippen LogP contribution in [-0.4, -0.2) is 28.3 Å². The highest BCUT2D eigenvalue weighted by Gasteiger charge is 2.24. The monoisotopic (exact) mass is 301 g/mol. The maximum absolute atomic E-state index is 11.8. The van der Waals surface area contributed by atoms with Crippen molar-refractivity contribution in [2.24, 2.45) is 0 Å². The van der Waals surface area contributed by atoms with Crippen LogP contribution >= 0.6 is 15.9 Å². The number of alkyl carbamates (subject to hydrolysis) is 1. The number of nitrogens with one attached hydrogen (secondary N) is 1. The Balaban J connectivity index is 2.30. The molecule has 0 aliphatic carbocycles. The molecule has 1 saturated heterocycles. The topological polar surface area (TPSA) is 73.2 Å². The SMILES string of the molecule is Cc1nc(=O)n(CC2CNC(=O)O2)c(C)c1Br. The van der Waals surface area contributed by atoms with Crippen LogP contribution in [0.3, 0.4) is 0 Å². The summed E-state index contributed by atoms with van der Waals surface area (Å²) in [5.74, 6) is 0. The number of halogens is 1. The first kappa shape index (κ1) is 12.1. The van der Waals surface area contributed by atoms with Gasteiger partial charge in [-0.2, -0.15) is 4.98 Å². The van der Waals surface area contributed by atoms with E-state index in [1.165, 1.54) is 4.57 Å². The smallest absolute Gasteiger partial charge is 0.407 e. The van der Waals surface area contributed by atoms with Gasteiger partial charge in [-0.15, -0.1) is 0 Å². The Kier molecular flexibility index (Phi) is 3.19. The highest BCUT2D eigenvalue weighted by atomic mass is 79.9. The summed E-state index contributed by atoms with van der Waals surface area (Å²) in [4.78, 5) is 26.5. The Morgan fingerprint density at radius 3 is 2.82 bits per heavy atom. The van der Waals surface area contributed by atoms with E-state index in [1.807, 2.05) is 6.92 Å². The lowest BCUT2D eigenvalue weighted by molar-refractivity contribution is 0.129. The Morgan fingerprint density at radius 2 is 2.24 bits per heavy atom. The largest absolute Gasteiger partial charge is 0.442 e. The molecule has 0 radical (unpaired) electrons. The third-order valence-corrected chi connectivity index (χ3v) is 3.82. The molecule has 17 heavy (non-hydrogen) atoms. The van der Waals surface area contributed by atoms with Crippen LogP contribution < -0.4 is 11.0 Å². The van der Waals surface area contributed by atoms with Crippen LogP contribution in [0.2, 0.25) is 0 Å². The number of cyclic esters (lactones) is 1. The molecule has 2 heterocycles. The van der Waals surface area contributed by atoms with Gasteiger partial charge in [0.05, 0.1) is 23.3 Å². The standard InChI is InChI=1S/C10H12BrN3O3/c1-5-8(11)6(2)14(9(15)13-5)4-7-3-12-10(16)17-7/h7H,3-4H2,1-2H3,(H,12,16). The molecule has 1 amide bonds. The zero-order valence-electron chi connectivity index (χ0n) is 9.49. The summed E-state index contributed by atoms with van der Waals surface area (Å²) in [6, 6.07) is 0. The van der Waals surface area contributed by atoms with Gasteiger partial charge in [0.1, 0.15) is 6.10 Å². The average molecular weight is 302 g/mol. The molecule has 1 unspecified atom stereocenters. The van der Waals surface area contributed by atoms with E-state index in [4.69, 9.17) is 4.74 Å². The normalized spacial score (nSPS) is 19.0. The summed E-state index contributed by atoms with van der Waals surface area (Å²) in [7, 11) is 0. The Bertz CT molecular complexity index is 526. The fraction of sp³-hybridized carbons (Fsp3) is 0.500. The van der Waals surface area contributed by atoms with E-state index in [0.29, 0.717) is 18.8 Å². The molecule has 1 N–H and O–H groups in total. The minimum absolute atomic E-state index is 0.315. The molecule has 2 rings (SSSR count). The molecule has 1 fully saturated rings. The lowest BCUT2D eigenvalue weighted by Gasteiger charge is -2.14. The van der Waals surface area contributed by atoms with Crippen molar-refractivity contribution < 1.29 is 9.53 Å². The molecule has 0 spiro atoms. The van der Waals surface area contributed by atoms with Crippen LogP contribution in [0, 0.1) is 13.8 Å². The predicted molar refractivity (Wildman–Crippen MR) is 63.9 cm³/mol. The number of hydrogen-bond donors (Lipinski definition) is 1. The first-order valence-corrected chi connectivity index (χ1v) is 5.96. The fourth-order valence-electron chi connectivity index (χ4n) is 1.73. The van der Waals surface area contributed by atoms with E-state index < -0.39 is 6.09 Å².